The third-order valence-electron chi connectivity index (χ3n) is 5.42. The third kappa shape index (κ3) is 3.06. The Bertz CT molecular complexity index is 1400. The van der Waals surface area contributed by atoms with Crippen molar-refractivity contribution in [2.24, 2.45) is 5.73 Å². The van der Waals surface area contributed by atoms with Crippen molar-refractivity contribution in [3.8, 4) is 23.0 Å². The highest BCUT2D eigenvalue weighted by atomic mass is 16.6. The molecule has 164 valence electrons. The lowest BCUT2D eigenvalue weighted by molar-refractivity contribution is -0.129. The minimum Gasteiger partial charge on any atom is -0.508 e. The largest absolute Gasteiger partial charge is 0.508 e. The van der Waals surface area contributed by atoms with Crippen LogP contribution in [0.5, 0.6) is 23.0 Å². The lowest BCUT2D eigenvalue weighted by Gasteiger charge is -2.36. The predicted octanol–water partition coefficient (Wildman–Crippen LogP) is 2.49. The number of nitrogen functional groups attached to an aromatic ring is 1. The molecule has 0 aliphatic carbocycles. The highest BCUT2D eigenvalue weighted by Gasteiger charge is 2.54. The number of benzene rings is 3. The maximum absolute atomic E-state index is 12.9. The maximum atomic E-state index is 12.9. The van der Waals surface area contributed by atoms with Gasteiger partial charge in [-0.15, -0.1) is 0 Å². The van der Waals surface area contributed by atoms with E-state index in [-0.39, 0.29) is 34.2 Å². The van der Waals surface area contributed by atoms with Gasteiger partial charge in [0.15, 0.2) is 5.60 Å². The molecule has 5 N–H and O–H groups in total. The number of carbonyl (C=O) groups excluding carboxylic acids is 3. The van der Waals surface area contributed by atoms with Gasteiger partial charge in [0.2, 0.25) is 5.91 Å². The van der Waals surface area contributed by atoms with Crippen molar-refractivity contribution < 1.29 is 33.7 Å². The first-order valence-corrected chi connectivity index (χ1v) is 9.77. The standard InChI is InChI=1S/C24H16N2O7/c25-17-3-1-2-16-22(17)23(30)33-24(16)14-6-4-12(27)10-18(14)32-19-11-13(5-7-15(19)24)31-21(29)9-8-20(26)28/h1-11,27H,25H2,(H2,26,28)/b9-8-. The van der Waals surface area contributed by atoms with Crippen molar-refractivity contribution in [1.82, 2.24) is 0 Å². The Morgan fingerprint density at radius 2 is 1.70 bits per heavy atom. The van der Waals surface area contributed by atoms with E-state index in [1.54, 1.807) is 30.3 Å². The molecule has 9 heteroatoms. The Morgan fingerprint density at radius 1 is 0.970 bits per heavy atom. The first kappa shape index (κ1) is 20.1. The van der Waals surface area contributed by atoms with Crippen LogP contribution < -0.4 is 20.9 Å². The van der Waals surface area contributed by atoms with Crippen LogP contribution in [-0.4, -0.2) is 23.0 Å². The van der Waals surface area contributed by atoms with Crippen molar-refractivity contribution in [2.45, 2.75) is 5.60 Å². The van der Waals surface area contributed by atoms with Gasteiger partial charge >= 0.3 is 11.9 Å². The summed E-state index contributed by atoms with van der Waals surface area (Å²) < 4.78 is 17.2. The molecule has 2 aliphatic heterocycles. The van der Waals surface area contributed by atoms with E-state index in [1.807, 2.05) is 0 Å². The second-order valence-electron chi connectivity index (χ2n) is 7.44. The molecular formula is C24H16N2O7. The molecule has 0 radical (unpaired) electrons. The van der Waals surface area contributed by atoms with Gasteiger partial charge in [-0.05, 0) is 30.3 Å². The summed E-state index contributed by atoms with van der Waals surface area (Å²) in [6.45, 7) is 0. The summed E-state index contributed by atoms with van der Waals surface area (Å²) in [4.78, 5) is 35.7. The van der Waals surface area contributed by atoms with Gasteiger partial charge in [-0.2, -0.15) is 0 Å². The van der Waals surface area contributed by atoms with Gasteiger partial charge in [-0.25, -0.2) is 9.59 Å². The molecule has 9 nitrogen and oxygen atoms in total. The molecule has 0 saturated carbocycles. The number of aromatic hydroxyl groups is 1. The molecule has 1 amide bonds. The average Bonchev–Trinajstić information content (AvgIpc) is 3.06. The first-order valence-electron chi connectivity index (χ1n) is 9.77. The van der Waals surface area contributed by atoms with Gasteiger partial charge < -0.3 is 30.8 Å². The highest BCUT2D eigenvalue weighted by molar-refractivity contribution is 6.01. The average molecular weight is 444 g/mol. The summed E-state index contributed by atoms with van der Waals surface area (Å²) in [5.41, 5.74) is 11.7. The summed E-state index contributed by atoms with van der Waals surface area (Å²) in [7, 11) is 0. The molecule has 0 fully saturated rings. The minimum atomic E-state index is -1.38. The van der Waals surface area contributed by atoms with Gasteiger partial charge in [-0.1, -0.05) is 12.1 Å². The Hall–Kier alpha value is -4.79. The monoisotopic (exact) mass is 444 g/mol. The Balaban J connectivity index is 1.68. The van der Waals surface area contributed by atoms with Crippen molar-refractivity contribution in [2.75, 3.05) is 5.73 Å². The number of primary amides is 1. The van der Waals surface area contributed by atoms with E-state index in [2.05, 4.69) is 0 Å². The normalized spacial score (nSPS) is 17.6. The number of phenols is 1. The summed E-state index contributed by atoms with van der Waals surface area (Å²) in [5.74, 6) is -1.65. The number of anilines is 1. The molecule has 2 heterocycles. The Morgan fingerprint density at radius 3 is 2.45 bits per heavy atom. The van der Waals surface area contributed by atoms with Crippen molar-refractivity contribution in [1.29, 1.82) is 0 Å². The van der Waals surface area contributed by atoms with E-state index in [1.165, 1.54) is 24.3 Å². The topological polar surface area (TPSA) is 151 Å². The lowest BCUT2D eigenvalue weighted by Crippen LogP contribution is -2.33. The zero-order valence-corrected chi connectivity index (χ0v) is 16.9. The molecule has 0 saturated heterocycles. The van der Waals surface area contributed by atoms with Crippen LogP contribution in [0.2, 0.25) is 0 Å². The van der Waals surface area contributed by atoms with Crippen LogP contribution in [0.15, 0.2) is 66.7 Å². The fourth-order valence-corrected chi connectivity index (χ4v) is 4.13. The van der Waals surface area contributed by atoms with Gasteiger partial charge in [0.05, 0.1) is 5.56 Å². The van der Waals surface area contributed by atoms with E-state index >= 15 is 0 Å². The fraction of sp³-hybridized carbons (Fsp3) is 0.0417. The molecular weight excluding hydrogens is 428 g/mol. The molecule has 0 aromatic heterocycles. The van der Waals surface area contributed by atoms with Crippen LogP contribution >= 0.6 is 0 Å². The van der Waals surface area contributed by atoms with Crippen LogP contribution in [0, 0.1) is 0 Å². The Labute approximate surface area is 186 Å². The smallest absolute Gasteiger partial charge is 0.342 e. The van der Waals surface area contributed by atoms with Gasteiger partial charge in [-0.3, -0.25) is 4.79 Å². The number of esters is 2. The van der Waals surface area contributed by atoms with Crippen LogP contribution in [0.1, 0.15) is 27.0 Å². The second-order valence-corrected chi connectivity index (χ2v) is 7.44. The van der Waals surface area contributed by atoms with Crippen molar-refractivity contribution >= 4 is 23.5 Å². The van der Waals surface area contributed by atoms with Gasteiger partial charge in [0.25, 0.3) is 0 Å². The lowest BCUT2D eigenvalue weighted by atomic mass is 9.77. The zero-order valence-electron chi connectivity index (χ0n) is 16.9. The quantitative estimate of drug-likeness (QED) is 0.241. The predicted molar refractivity (Wildman–Crippen MR) is 115 cm³/mol. The third-order valence-corrected chi connectivity index (χ3v) is 5.42. The number of fused-ring (bicyclic) bond motifs is 6. The number of carbonyl (C=O) groups is 3. The molecule has 1 atom stereocenters. The van der Waals surface area contributed by atoms with Crippen molar-refractivity contribution in [3.63, 3.8) is 0 Å². The Kier molecular flexibility index (Phi) is 4.35. The van der Waals surface area contributed by atoms with Crippen LogP contribution in [0.3, 0.4) is 0 Å². The number of hydrogen-bond acceptors (Lipinski definition) is 8. The molecule has 2 aliphatic rings. The number of phenolic OH excluding ortho intramolecular Hbond substituents is 1. The van der Waals surface area contributed by atoms with Crippen molar-refractivity contribution in [3.05, 3.63) is 89.0 Å². The first-order chi connectivity index (χ1) is 15.8. The molecule has 3 aromatic rings. The van der Waals surface area contributed by atoms with E-state index in [0.29, 0.717) is 16.7 Å². The molecule has 33 heavy (non-hydrogen) atoms. The molecule has 1 spiro atoms. The molecule has 1 unspecified atom stereocenters. The SMILES string of the molecule is NC(=O)/C=C\C(=O)Oc1ccc2c(c1)Oc1cc(O)ccc1C21OC(=O)c2c(N)cccc21. The zero-order chi connectivity index (χ0) is 23.3. The minimum absolute atomic E-state index is 0.0522. The fourth-order valence-electron chi connectivity index (χ4n) is 4.13. The van der Waals surface area contributed by atoms with Crippen LogP contribution in [0.4, 0.5) is 5.69 Å². The van der Waals surface area contributed by atoms with E-state index in [9.17, 15) is 19.5 Å². The molecule has 0 bridgehead atoms. The van der Waals surface area contributed by atoms with Gasteiger partial charge in [0, 0.05) is 46.7 Å². The van der Waals surface area contributed by atoms with Crippen LogP contribution in [0.25, 0.3) is 0 Å². The summed E-state index contributed by atoms with van der Waals surface area (Å²) in [5, 5.41) is 10.0. The van der Waals surface area contributed by atoms with E-state index in [0.717, 1.165) is 12.2 Å². The maximum Gasteiger partial charge on any atom is 0.342 e. The number of ether oxygens (including phenoxy) is 3. The van der Waals surface area contributed by atoms with E-state index in [4.69, 9.17) is 25.7 Å². The summed E-state index contributed by atoms with van der Waals surface area (Å²) >= 11 is 0. The van der Waals surface area contributed by atoms with E-state index < -0.39 is 23.4 Å². The summed E-state index contributed by atoms with van der Waals surface area (Å²) in [6, 6.07) is 14.1. The van der Waals surface area contributed by atoms with Crippen LogP contribution in [-0.2, 0) is 19.9 Å². The number of hydrogen-bond donors (Lipinski definition) is 3. The van der Waals surface area contributed by atoms with Gasteiger partial charge in [0.1, 0.15) is 23.0 Å². The summed E-state index contributed by atoms with van der Waals surface area (Å²) in [6.07, 6.45) is 1.78. The molecule has 3 aromatic carbocycles. The highest BCUT2D eigenvalue weighted by Crippen LogP contribution is 2.57. The molecule has 5 rings (SSSR count). The number of nitrogens with two attached hydrogens (primary N) is 2. The number of amides is 1. The number of rotatable bonds is 3. The second kappa shape index (κ2) is 7.13.